The first-order chi connectivity index (χ1) is 13.6. The van der Waals surface area contributed by atoms with Gasteiger partial charge < -0.3 is 14.5 Å². The van der Waals surface area contributed by atoms with Crippen molar-refractivity contribution < 1.29 is 14.3 Å². The van der Waals surface area contributed by atoms with Crippen molar-refractivity contribution in [3.05, 3.63) is 59.3 Å². The fourth-order valence-corrected chi connectivity index (χ4v) is 3.52. The Morgan fingerprint density at radius 3 is 2.39 bits per heavy atom. The highest BCUT2D eigenvalue weighted by molar-refractivity contribution is 6.04. The number of carbonyl (C=O) groups excluding carboxylic acids is 2. The van der Waals surface area contributed by atoms with Crippen LogP contribution in [0.15, 0.2) is 42.5 Å². The van der Waals surface area contributed by atoms with Gasteiger partial charge in [-0.25, -0.2) is 0 Å². The molecule has 28 heavy (non-hydrogen) atoms. The van der Waals surface area contributed by atoms with Crippen molar-refractivity contribution >= 4 is 22.7 Å². The van der Waals surface area contributed by atoms with Gasteiger partial charge in [0, 0.05) is 37.1 Å². The lowest BCUT2D eigenvalue weighted by molar-refractivity contribution is 0.0533. The summed E-state index contributed by atoms with van der Waals surface area (Å²) in [7, 11) is 1.60. The molecule has 0 radical (unpaired) electrons. The summed E-state index contributed by atoms with van der Waals surface area (Å²) in [6.45, 7) is 3.88. The van der Waals surface area contributed by atoms with Crippen LogP contribution in [-0.2, 0) is 0 Å². The number of carbonyl (C=O) groups is 2. The van der Waals surface area contributed by atoms with Gasteiger partial charge in [-0.3, -0.25) is 14.7 Å². The summed E-state index contributed by atoms with van der Waals surface area (Å²) in [5, 5.41) is 7.90. The maximum atomic E-state index is 12.9. The first-order valence-corrected chi connectivity index (χ1v) is 9.25. The van der Waals surface area contributed by atoms with Gasteiger partial charge in [0.15, 0.2) is 5.69 Å². The number of hydrogen-bond donors (Lipinski definition) is 1. The molecule has 4 rings (SSSR count). The van der Waals surface area contributed by atoms with Crippen LogP contribution in [0.5, 0.6) is 5.75 Å². The molecule has 3 aromatic rings. The van der Waals surface area contributed by atoms with Gasteiger partial charge in [0.25, 0.3) is 11.8 Å². The minimum atomic E-state index is -0.110. The highest BCUT2D eigenvalue weighted by Crippen LogP contribution is 2.21. The molecule has 1 saturated heterocycles. The highest BCUT2D eigenvalue weighted by atomic mass is 16.5. The number of aryl methyl sites for hydroxylation is 1. The highest BCUT2D eigenvalue weighted by Gasteiger charge is 2.27. The fraction of sp³-hybridized carbons (Fsp3) is 0.286. The van der Waals surface area contributed by atoms with Crippen LogP contribution < -0.4 is 4.74 Å². The van der Waals surface area contributed by atoms with Gasteiger partial charge in [-0.05, 0) is 30.7 Å². The lowest BCUT2D eigenvalue weighted by atomic mass is 10.1. The molecule has 2 amide bonds. The average Bonchev–Trinajstić information content (AvgIpc) is 3.17. The number of aromatic nitrogens is 2. The van der Waals surface area contributed by atoms with Gasteiger partial charge in [0.2, 0.25) is 0 Å². The van der Waals surface area contributed by atoms with E-state index in [0.717, 1.165) is 16.5 Å². The van der Waals surface area contributed by atoms with Gasteiger partial charge in [0.1, 0.15) is 5.75 Å². The molecule has 0 unspecified atom stereocenters. The Balaban J connectivity index is 1.44. The van der Waals surface area contributed by atoms with Crippen molar-refractivity contribution in [3.63, 3.8) is 0 Å². The molecule has 0 spiro atoms. The van der Waals surface area contributed by atoms with Crippen LogP contribution in [-0.4, -0.2) is 65.1 Å². The number of methoxy groups -OCH3 is 1. The number of nitrogens with one attached hydrogen (secondary N) is 1. The van der Waals surface area contributed by atoms with E-state index in [1.54, 1.807) is 23.0 Å². The Morgan fingerprint density at radius 2 is 1.68 bits per heavy atom. The van der Waals surface area contributed by atoms with Crippen molar-refractivity contribution in [2.75, 3.05) is 33.3 Å². The SMILES string of the molecule is COc1cc(C(=O)N2CCN(C(=O)c3n[nH]c4ccccc34)CC2)ccc1C. The first-order valence-electron chi connectivity index (χ1n) is 9.25. The number of nitrogens with zero attached hydrogens (tertiary/aromatic N) is 3. The minimum Gasteiger partial charge on any atom is -0.496 e. The van der Waals surface area contributed by atoms with Crippen molar-refractivity contribution in [2.45, 2.75) is 6.92 Å². The Morgan fingerprint density at radius 1 is 1.00 bits per heavy atom. The third kappa shape index (κ3) is 3.19. The molecular weight excluding hydrogens is 356 g/mol. The van der Waals surface area contributed by atoms with Crippen molar-refractivity contribution in [2.24, 2.45) is 0 Å². The van der Waals surface area contributed by atoms with E-state index in [-0.39, 0.29) is 11.8 Å². The number of para-hydroxylation sites is 1. The molecule has 1 aliphatic rings. The molecule has 0 atom stereocenters. The Kier molecular flexibility index (Phi) is 4.73. The maximum Gasteiger partial charge on any atom is 0.275 e. The van der Waals surface area contributed by atoms with Crippen molar-refractivity contribution in [1.29, 1.82) is 0 Å². The lowest BCUT2D eigenvalue weighted by Gasteiger charge is -2.34. The molecule has 1 aliphatic heterocycles. The van der Waals surface area contributed by atoms with E-state index in [0.29, 0.717) is 43.2 Å². The number of hydrogen-bond acceptors (Lipinski definition) is 4. The second-order valence-electron chi connectivity index (χ2n) is 6.89. The Labute approximate surface area is 162 Å². The summed E-state index contributed by atoms with van der Waals surface area (Å²) in [6.07, 6.45) is 0. The van der Waals surface area contributed by atoms with Crippen LogP contribution in [0.3, 0.4) is 0 Å². The normalized spacial score (nSPS) is 14.4. The summed E-state index contributed by atoms with van der Waals surface area (Å²) >= 11 is 0. The molecule has 7 heteroatoms. The number of ether oxygens (including phenoxy) is 1. The van der Waals surface area contributed by atoms with Crippen molar-refractivity contribution in [1.82, 2.24) is 20.0 Å². The molecule has 2 heterocycles. The van der Waals surface area contributed by atoms with Crippen LogP contribution in [0, 0.1) is 6.92 Å². The second-order valence-corrected chi connectivity index (χ2v) is 6.89. The van der Waals surface area contributed by atoms with Crippen molar-refractivity contribution in [3.8, 4) is 5.75 Å². The fourth-order valence-electron chi connectivity index (χ4n) is 3.52. The van der Waals surface area contributed by atoms with Crippen LogP contribution in [0.25, 0.3) is 10.9 Å². The quantitative estimate of drug-likeness (QED) is 0.759. The first kappa shape index (κ1) is 18.0. The van der Waals surface area contributed by atoms with Gasteiger partial charge >= 0.3 is 0 Å². The zero-order chi connectivity index (χ0) is 19.7. The molecule has 2 aromatic carbocycles. The molecule has 1 fully saturated rings. The predicted molar refractivity (Wildman–Crippen MR) is 106 cm³/mol. The largest absolute Gasteiger partial charge is 0.496 e. The number of aromatic amines is 1. The smallest absolute Gasteiger partial charge is 0.275 e. The lowest BCUT2D eigenvalue weighted by Crippen LogP contribution is -2.50. The number of H-pyrrole nitrogens is 1. The number of fused-ring (bicyclic) bond motifs is 1. The molecule has 1 aromatic heterocycles. The van der Waals surface area contributed by atoms with E-state index in [1.807, 2.05) is 43.3 Å². The monoisotopic (exact) mass is 378 g/mol. The summed E-state index contributed by atoms with van der Waals surface area (Å²) < 4.78 is 5.31. The number of amides is 2. The van der Waals surface area contributed by atoms with Crippen LogP contribution in [0.4, 0.5) is 0 Å². The number of benzene rings is 2. The summed E-state index contributed by atoms with van der Waals surface area (Å²) in [5.74, 6) is 0.544. The van der Waals surface area contributed by atoms with E-state index in [2.05, 4.69) is 10.2 Å². The third-order valence-electron chi connectivity index (χ3n) is 5.18. The van der Waals surface area contributed by atoms with Crippen LogP contribution in [0.2, 0.25) is 0 Å². The topological polar surface area (TPSA) is 78.5 Å². The zero-order valence-corrected chi connectivity index (χ0v) is 15.9. The maximum absolute atomic E-state index is 12.9. The minimum absolute atomic E-state index is 0.0457. The molecule has 7 nitrogen and oxygen atoms in total. The van der Waals surface area contributed by atoms with E-state index in [1.165, 1.54) is 0 Å². The van der Waals surface area contributed by atoms with Crippen LogP contribution in [0.1, 0.15) is 26.4 Å². The van der Waals surface area contributed by atoms with Crippen LogP contribution >= 0.6 is 0 Å². The average molecular weight is 378 g/mol. The van der Waals surface area contributed by atoms with E-state index >= 15 is 0 Å². The number of piperazine rings is 1. The van der Waals surface area contributed by atoms with Gasteiger partial charge in [-0.2, -0.15) is 5.10 Å². The molecule has 0 saturated carbocycles. The molecule has 144 valence electrons. The molecule has 0 bridgehead atoms. The van der Waals surface area contributed by atoms with E-state index in [4.69, 9.17) is 4.74 Å². The molecular formula is C21H22N4O3. The van der Waals surface area contributed by atoms with E-state index in [9.17, 15) is 9.59 Å². The molecule has 0 aliphatic carbocycles. The van der Waals surface area contributed by atoms with E-state index < -0.39 is 0 Å². The number of rotatable bonds is 3. The summed E-state index contributed by atoms with van der Waals surface area (Å²) in [5.41, 5.74) is 2.85. The van der Waals surface area contributed by atoms with Gasteiger partial charge in [-0.1, -0.05) is 24.3 Å². The Bertz CT molecular complexity index is 1040. The summed E-state index contributed by atoms with van der Waals surface area (Å²) in [6, 6.07) is 13.0. The Hall–Kier alpha value is -3.35. The van der Waals surface area contributed by atoms with Gasteiger partial charge in [-0.15, -0.1) is 0 Å². The predicted octanol–water partition coefficient (Wildman–Crippen LogP) is 2.48. The standard InChI is InChI=1S/C21H22N4O3/c1-14-7-8-15(13-18(14)28-2)20(26)24-9-11-25(12-10-24)21(27)19-16-5-3-4-6-17(16)22-23-19/h3-8,13H,9-12H2,1-2H3,(H,22,23). The molecule has 1 N–H and O–H groups in total. The van der Waals surface area contributed by atoms with Gasteiger partial charge in [0.05, 0.1) is 12.6 Å². The zero-order valence-electron chi connectivity index (χ0n) is 15.9. The second kappa shape index (κ2) is 7.34. The summed E-state index contributed by atoms with van der Waals surface area (Å²) in [4.78, 5) is 29.2. The third-order valence-corrected chi connectivity index (χ3v) is 5.18.